The van der Waals surface area contributed by atoms with Crippen LogP contribution in [-0.2, 0) is 26.2 Å². The summed E-state index contributed by atoms with van der Waals surface area (Å²) >= 11 is 0. The molecule has 0 aliphatic carbocycles. The van der Waals surface area contributed by atoms with E-state index in [2.05, 4.69) is 9.71 Å². The Kier molecular flexibility index (Phi) is 4.45. The maximum absolute atomic E-state index is 12.2. The molecule has 0 spiro atoms. The van der Waals surface area contributed by atoms with E-state index in [0.29, 0.717) is 30.6 Å². The zero-order chi connectivity index (χ0) is 17.2. The Morgan fingerprint density at radius 2 is 1.79 bits per heavy atom. The highest BCUT2D eigenvalue weighted by Crippen LogP contribution is 2.23. The number of carbonyl (C=O) groups excluding carboxylic acids is 2. The van der Waals surface area contributed by atoms with Crippen molar-refractivity contribution in [3.05, 3.63) is 42.6 Å². The van der Waals surface area contributed by atoms with Gasteiger partial charge in [0.25, 0.3) is 0 Å². The lowest BCUT2D eigenvalue weighted by molar-refractivity contribution is -0.129. The Morgan fingerprint density at radius 1 is 1.12 bits per heavy atom. The van der Waals surface area contributed by atoms with Crippen LogP contribution in [0.2, 0.25) is 0 Å². The molecule has 1 aromatic carbocycles. The first-order chi connectivity index (χ1) is 11.5. The van der Waals surface area contributed by atoms with Crippen LogP contribution in [0.15, 0.2) is 46.2 Å². The summed E-state index contributed by atoms with van der Waals surface area (Å²) in [6.45, 7) is 0.00365. The van der Waals surface area contributed by atoms with Crippen LogP contribution in [0.5, 0.6) is 0 Å². The molecule has 1 aliphatic rings. The average Bonchev–Trinajstić information content (AvgIpc) is 3.07. The zero-order valence-corrected chi connectivity index (χ0v) is 13.5. The number of piperidine rings is 1. The van der Waals surface area contributed by atoms with Gasteiger partial charge in [0.05, 0.1) is 22.8 Å². The van der Waals surface area contributed by atoms with Crippen molar-refractivity contribution in [3.63, 3.8) is 0 Å². The number of aromatic nitrogens is 1. The normalized spacial score (nSPS) is 15.8. The summed E-state index contributed by atoms with van der Waals surface area (Å²) in [6.07, 6.45) is 3.73. The van der Waals surface area contributed by atoms with E-state index in [9.17, 15) is 18.0 Å². The Morgan fingerprint density at radius 3 is 2.38 bits per heavy atom. The van der Waals surface area contributed by atoms with Gasteiger partial charge >= 0.3 is 0 Å². The number of hydrogen-bond acceptors (Lipinski definition) is 6. The van der Waals surface area contributed by atoms with Crippen LogP contribution in [0, 0.1) is 0 Å². The fraction of sp³-hybridized carbons (Fsp3) is 0.267. The average molecular weight is 349 g/mol. The summed E-state index contributed by atoms with van der Waals surface area (Å²) in [7, 11) is -3.73. The number of rotatable bonds is 5. The van der Waals surface area contributed by atoms with Crippen LogP contribution in [0.25, 0.3) is 0 Å². The predicted octanol–water partition coefficient (Wildman–Crippen LogP) is 1.20. The maximum atomic E-state index is 12.2. The first-order valence-corrected chi connectivity index (χ1v) is 8.78. The van der Waals surface area contributed by atoms with Gasteiger partial charge in [-0.1, -0.05) is 0 Å². The molecule has 2 amide bonds. The first-order valence-electron chi connectivity index (χ1n) is 7.30. The van der Waals surface area contributed by atoms with Gasteiger partial charge in [0.1, 0.15) is 6.26 Å². The quantitative estimate of drug-likeness (QED) is 0.812. The van der Waals surface area contributed by atoms with Crippen molar-refractivity contribution in [2.24, 2.45) is 0 Å². The second kappa shape index (κ2) is 6.54. The minimum atomic E-state index is -3.73. The van der Waals surface area contributed by atoms with Gasteiger partial charge < -0.3 is 4.42 Å². The molecule has 8 nitrogen and oxygen atoms in total. The number of imide groups is 1. The summed E-state index contributed by atoms with van der Waals surface area (Å²) in [5.74, 6) is -0.544. The number of amides is 2. The predicted molar refractivity (Wildman–Crippen MR) is 83.3 cm³/mol. The molecule has 1 saturated heterocycles. The van der Waals surface area contributed by atoms with Gasteiger partial charge in [0.2, 0.25) is 21.8 Å². The Bertz CT molecular complexity index is 828. The lowest BCUT2D eigenvalue weighted by Crippen LogP contribution is -2.40. The Balaban J connectivity index is 1.76. The topological polar surface area (TPSA) is 110 Å². The van der Waals surface area contributed by atoms with E-state index in [1.54, 1.807) is 0 Å². The second-order valence-electron chi connectivity index (χ2n) is 5.27. The van der Waals surface area contributed by atoms with E-state index in [4.69, 9.17) is 4.42 Å². The Labute approximate surface area is 138 Å². The third-order valence-corrected chi connectivity index (χ3v) is 5.03. The smallest absolute Gasteiger partial charge is 0.240 e. The number of hydrogen-bond donors (Lipinski definition) is 1. The van der Waals surface area contributed by atoms with Crippen molar-refractivity contribution in [2.45, 2.75) is 30.7 Å². The largest absolute Gasteiger partial charge is 0.451 e. The molecule has 0 radical (unpaired) electrons. The van der Waals surface area contributed by atoms with Crippen molar-refractivity contribution >= 4 is 27.5 Å². The number of nitrogens with one attached hydrogen (secondary N) is 1. The third-order valence-electron chi connectivity index (χ3n) is 3.61. The van der Waals surface area contributed by atoms with Crippen LogP contribution in [-0.4, -0.2) is 25.2 Å². The molecule has 3 rings (SSSR count). The van der Waals surface area contributed by atoms with Crippen LogP contribution in [0.3, 0.4) is 0 Å². The summed E-state index contributed by atoms with van der Waals surface area (Å²) in [5.41, 5.74) is 0.833. The van der Waals surface area contributed by atoms with Crippen LogP contribution in [0.4, 0.5) is 5.69 Å². The minimum Gasteiger partial charge on any atom is -0.451 e. The van der Waals surface area contributed by atoms with E-state index < -0.39 is 10.0 Å². The maximum Gasteiger partial charge on any atom is 0.240 e. The van der Waals surface area contributed by atoms with E-state index in [-0.39, 0.29) is 23.3 Å². The van der Waals surface area contributed by atoms with Crippen molar-refractivity contribution < 1.29 is 22.4 Å². The number of sulfonamides is 1. The molecular formula is C15H15N3O5S. The molecule has 1 N–H and O–H groups in total. The highest BCUT2D eigenvalue weighted by atomic mass is 32.2. The fourth-order valence-corrected chi connectivity index (χ4v) is 3.39. The molecule has 0 saturated carbocycles. The minimum absolute atomic E-state index is 0.00365. The number of anilines is 1. The first kappa shape index (κ1) is 16.3. The molecule has 2 heterocycles. The SMILES string of the molecule is O=C1CCCC(=O)N1c1ccc(S(=O)(=O)NCc2cocn2)cc1. The lowest BCUT2D eigenvalue weighted by Gasteiger charge is -2.24. The number of nitrogens with zero attached hydrogens (tertiary/aromatic N) is 2. The third kappa shape index (κ3) is 3.36. The molecule has 0 bridgehead atoms. The van der Waals surface area contributed by atoms with Gasteiger partial charge in [0, 0.05) is 12.8 Å². The summed E-state index contributed by atoms with van der Waals surface area (Å²) in [4.78, 5) is 28.7. The lowest BCUT2D eigenvalue weighted by atomic mass is 10.1. The van der Waals surface area contributed by atoms with E-state index in [0.717, 1.165) is 4.90 Å². The zero-order valence-electron chi connectivity index (χ0n) is 12.6. The monoisotopic (exact) mass is 349 g/mol. The van der Waals surface area contributed by atoms with Crippen molar-refractivity contribution in [1.29, 1.82) is 0 Å². The van der Waals surface area contributed by atoms with Gasteiger partial charge in [-0.3, -0.25) is 14.5 Å². The molecule has 1 aliphatic heterocycles. The van der Waals surface area contributed by atoms with Crippen LogP contribution >= 0.6 is 0 Å². The standard InChI is InChI=1S/C15H15N3O5S/c19-14-2-1-3-15(20)18(14)12-4-6-13(7-5-12)24(21,22)17-8-11-9-23-10-16-11/h4-7,9-10,17H,1-3,8H2. The molecule has 0 atom stereocenters. The number of carbonyl (C=O) groups is 2. The summed E-state index contributed by atoms with van der Waals surface area (Å²) < 4.78 is 31.6. The van der Waals surface area contributed by atoms with Crippen molar-refractivity contribution in [3.8, 4) is 0 Å². The van der Waals surface area contributed by atoms with E-state index in [1.807, 2.05) is 0 Å². The second-order valence-corrected chi connectivity index (χ2v) is 7.04. The molecule has 0 unspecified atom stereocenters. The highest BCUT2D eigenvalue weighted by molar-refractivity contribution is 7.89. The molecule has 126 valence electrons. The van der Waals surface area contributed by atoms with Crippen molar-refractivity contribution in [1.82, 2.24) is 9.71 Å². The van der Waals surface area contributed by atoms with Crippen LogP contribution < -0.4 is 9.62 Å². The van der Waals surface area contributed by atoms with Crippen LogP contribution in [0.1, 0.15) is 25.0 Å². The Hall–Kier alpha value is -2.52. The molecule has 24 heavy (non-hydrogen) atoms. The number of benzene rings is 1. The summed E-state index contributed by atoms with van der Waals surface area (Å²) in [6, 6.07) is 5.61. The van der Waals surface area contributed by atoms with Gasteiger partial charge in [-0.15, -0.1) is 0 Å². The molecule has 1 fully saturated rings. The number of oxazole rings is 1. The molecule has 1 aromatic heterocycles. The highest BCUT2D eigenvalue weighted by Gasteiger charge is 2.27. The van der Waals surface area contributed by atoms with Crippen molar-refractivity contribution in [2.75, 3.05) is 4.90 Å². The summed E-state index contributed by atoms with van der Waals surface area (Å²) in [5, 5.41) is 0. The van der Waals surface area contributed by atoms with Gasteiger partial charge in [-0.05, 0) is 30.7 Å². The fourth-order valence-electron chi connectivity index (χ4n) is 2.39. The van der Waals surface area contributed by atoms with E-state index >= 15 is 0 Å². The van der Waals surface area contributed by atoms with Gasteiger partial charge in [0.15, 0.2) is 6.39 Å². The molecule has 9 heteroatoms. The molecular weight excluding hydrogens is 334 g/mol. The van der Waals surface area contributed by atoms with E-state index in [1.165, 1.54) is 36.9 Å². The van der Waals surface area contributed by atoms with Gasteiger partial charge in [-0.2, -0.15) is 0 Å². The van der Waals surface area contributed by atoms with Gasteiger partial charge in [-0.25, -0.2) is 18.1 Å². The molecule has 2 aromatic rings.